The predicted octanol–water partition coefficient (Wildman–Crippen LogP) is 3.63. The van der Waals surface area contributed by atoms with E-state index < -0.39 is 0 Å². The van der Waals surface area contributed by atoms with Crippen LogP contribution in [-0.2, 0) is 6.42 Å². The average Bonchev–Trinajstić information content (AvgIpc) is 3.05. The molecule has 0 aliphatic heterocycles. The van der Waals surface area contributed by atoms with Crippen molar-refractivity contribution in [3.05, 3.63) is 34.3 Å². The van der Waals surface area contributed by atoms with Crippen molar-refractivity contribution >= 4 is 15.9 Å². The Hall–Kier alpha value is -0.340. The Labute approximate surface area is 107 Å². The van der Waals surface area contributed by atoms with Gasteiger partial charge in [0, 0.05) is 11.0 Å². The topological polar surface area (TPSA) is 12.0 Å². The molecule has 0 amide bonds. The maximum absolute atomic E-state index is 3.48. The van der Waals surface area contributed by atoms with Crippen LogP contribution in [0.15, 0.2) is 28.7 Å². The van der Waals surface area contributed by atoms with Crippen LogP contribution in [0.3, 0.4) is 0 Å². The molecule has 1 nitrogen and oxygen atoms in total. The Morgan fingerprint density at radius 1 is 1.31 bits per heavy atom. The van der Waals surface area contributed by atoms with Crippen LogP contribution in [0.5, 0.6) is 0 Å². The van der Waals surface area contributed by atoms with Gasteiger partial charge in [0.2, 0.25) is 0 Å². The van der Waals surface area contributed by atoms with E-state index in [0.717, 1.165) is 16.9 Å². The first-order valence-corrected chi connectivity index (χ1v) is 6.82. The van der Waals surface area contributed by atoms with E-state index in [-0.39, 0.29) is 0 Å². The van der Waals surface area contributed by atoms with E-state index in [1.807, 2.05) is 0 Å². The number of nitrogens with one attached hydrogen (secondary N) is 1. The van der Waals surface area contributed by atoms with Crippen molar-refractivity contribution in [3.63, 3.8) is 0 Å². The fourth-order valence-corrected chi connectivity index (χ4v) is 2.87. The molecule has 16 heavy (non-hydrogen) atoms. The summed E-state index contributed by atoms with van der Waals surface area (Å²) in [6.07, 6.45) is 4.01. The summed E-state index contributed by atoms with van der Waals surface area (Å²) in [5.74, 6) is 0.920. The molecule has 1 aromatic carbocycles. The predicted molar refractivity (Wildman–Crippen MR) is 72.6 cm³/mol. The number of halogens is 1. The summed E-state index contributed by atoms with van der Waals surface area (Å²) in [6.45, 7) is 3.54. The molecule has 88 valence electrons. The Balaban J connectivity index is 2.07. The zero-order chi connectivity index (χ0) is 11.6. The Morgan fingerprint density at radius 2 is 1.94 bits per heavy atom. The first-order valence-electron chi connectivity index (χ1n) is 6.03. The lowest BCUT2D eigenvalue weighted by Gasteiger charge is -2.29. The molecule has 0 aromatic heterocycles. The number of benzene rings is 1. The van der Waals surface area contributed by atoms with Gasteiger partial charge in [-0.05, 0) is 55.3 Å². The van der Waals surface area contributed by atoms with Crippen molar-refractivity contribution in [3.8, 4) is 0 Å². The second-order valence-corrected chi connectivity index (χ2v) is 6.18. The van der Waals surface area contributed by atoms with Crippen molar-refractivity contribution in [2.45, 2.75) is 26.2 Å². The maximum Gasteiger partial charge on any atom is 0.0175 e. The lowest BCUT2D eigenvalue weighted by Crippen LogP contribution is -2.33. The molecule has 1 aliphatic carbocycles. The third-order valence-electron chi connectivity index (χ3n) is 3.66. The minimum absolute atomic E-state index is 0.433. The van der Waals surface area contributed by atoms with Crippen LogP contribution >= 0.6 is 15.9 Å². The van der Waals surface area contributed by atoms with Crippen molar-refractivity contribution in [1.82, 2.24) is 5.32 Å². The largest absolute Gasteiger partial charge is 0.319 e. The van der Waals surface area contributed by atoms with E-state index in [1.54, 1.807) is 0 Å². The third-order valence-corrected chi connectivity index (χ3v) is 4.19. The summed E-state index contributed by atoms with van der Waals surface area (Å²) < 4.78 is 1.16. The summed E-state index contributed by atoms with van der Waals surface area (Å²) in [5, 5.41) is 3.35. The third kappa shape index (κ3) is 2.86. The van der Waals surface area contributed by atoms with Gasteiger partial charge < -0.3 is 5.32 Å². The van der Waals surface area contributed by atoms with Gasteiger partial charge in [-0.15, -0.1) is 0 Å². The smallest absolute Gasteiger partial charge is 0.0175 e. The second-order valence-electron chi connectivity index (χ2n) is 5.26. The molecule has 1 atom stereocenters. The van der Waals surface area contributed by atoms with Gasteiger partial charge in [-0.3, -0.25) is 0 Å². The summed E-state index contributed by atoms with van der Waals surface area (Å²) >= 11 is 3.48. The zero-order valence-corrected chi connectivity index (χ0v) is 11.7. The van der Waals surface area contributed by atoms with Gasteiger partial charge >= 0.3 is 0 Å². The molecular weight excluding hydrogens is 262 g/mol. The van der Waals surface area contributed by atoms with Crippen molar-refractivity contribution in [1.29, 1.82) is 0 Å². The maximum atomic E-state index is 3.48. The van der Waals surface area contributed by atoms with Crippen LogP contribution in [0.4, 0.5) is 0 Å². The molecule has 0 saturated heterocycles. The van der Waals surface area contributed by atoms with Crippen LogP contribution in [-0.4, -0.2) is 13.6 Å². The molecular formula is C14H20BrN. The highest BCUT2D eigenvalue weighted by Gasteiger charge is 2.40. The van der Waals surface area contributed by atoms with Crippen LogP contribution in [0, 0.1) is 11.3 Å². The summed E-state index contributed by atoms with van der Waals surface area (Å²) in [6, 6.07) is 8.75. The van der Waals surface area contributed by atoms with E-state index in [2.05, 4.69) is 59.5 Å². The van der Waals surface area contributed by atoms with E-state index in [4.69, 9.17) is 0 Å². The van der Waals surface area contributed by atoms with E-state index >= 15 is 0 Å². The summed E-state index contributed by atoms with van der Waals surface area (Å²) in [5.41, 5.74) is 1.88. The van der Waals surface area contributed by atoms with Gasteiger partial charge in [0.1, 0.15) is 0 Å². The Kier molecular flexibility index (Phi) is 3.70. The first-order chi connectivity index (χ1) is 7.64. The van der Waals surface area contributed by atoms with Crippen LogP contribution in [0.1, 0.15) is 25.3 Å². The minimum atomic E-state index is 0.433. The molecule has 0 bridgehead atoms. The fourth-order valence-electron chi connectivity index (χ4n) is 2.60. The van der Waals surface area contributed by atoms with E-state index in [9.17, 15) is 0 Å². The van der Waals surface area contributed by atoms with Gasteiger partial charge in [-0.1, -0.05) is 35.0 Å². The molecule has 1 unspecified atom stereocenters. The Bertz CT molecular complexity index is 342. The van der Waals surface area contributed by atoms with Crippen molar-refractivity contribution < 1.29 is 0 Å². The molecule has 2 heteroatoms. The normalized spacial score (nSPS) is 19.4. The zero-order valence-electron chi connectivity index (χ0n) is 10.1. The lowest BCUT2D eigenvalue weighted by atomic mass is 9.79. The highest BCUT2D eigenvalue weighted by molar-refractivity contribution is 9.10. The standard InChI is InChI=1S/C14H20BrN/c1-14(10-16-2,12-5-6-12)9-11-3-7-13(15)8-4-11/h3-4,7-8,12,16H,5-6,9-10H2,1-2H3. The van der Waals surface area contributed by atoms with Crippen LogP contribution < -0.4 is 5.32 Å². The quantitative estimate of drug-likeness (QED) is 0.869. The molecule has 1 saturated carbocycles. The molecule has 1 fully saturated rings. The van der Waals surface area contributed by atoms with Gasteiger partial charge in [-0.25, -0.2) is 0 Å². The monoisotopic (exact) mass is 281 g/mol. The number of hydrogen-bond acceptors (Lipinski definition) is 1. The number of hydrogen-bond donors (Lipinski definition) is 1. The Morgan fingerprint density at radius 3 is 2.44 bits per heavy atom. The van der Waals surface area contributed by atoms with Crippen molar-refractivity contribution in [2.24, 2.45) is 11.3 Å². The summed E-state index contributed by atoms with van der Waals surface area (Å²) in [4.78, 5) is 0. The molecule has 2 rings (SSSR count). The molecule has 1 N–H and O–H groups in total. The molecule has 1 aliphatic rings. The van der Waals surface area contributed by atoms with E-state index in [0.29, 0.717) is 5.41 Å². The van der Waals surface area contributed by atoms with Gasteiger partial charge in [0.15, 0.2) is 0 Å². The van der Waals surface area contributed by atoms with Gasteiger partial charge in [0.05, 0.1) is 0 Å². The second kappa shape index (κ2) is 4.89. The molecule has 0 heterocycles. The lowest BCUT2D eigenvalue weighted by molar-refractivity contribution is 0.263. The molecule has 0 spiro atoms. The van der Waals surface area contributed by atoms with E-state index in [1.165, 1.54) is 24.8 Å². The van der Waals surface area contributed by atoms with Crippen LogP contribution in [0.25, 0.3) is 0 Å². The van der Waals surface area contributed by atoms with Gasteiger partial charge in [0.25, 0.3) is 0 Å². The fraction of sp³-hybridized carbons (Fsp3) is 0.571. The van der Waals surface area contributed by atoms with Gasteiger partial charge in [-0.2, -0.15) is 0 Å². The van der Waals surface area contributed by atoms with Crippen LogP contribution in [0.2, 0.25) is 0 Å². The highest BCUT2D eigenvalue weighted by atomic mass is 79.9. The highest BCUT2D eigenvalue weighted by Crippen LogP contribution is 2.47. The molecule has 0 radical (unpaired) electrons. The molecule has 1 aromatic rings. The summed E-state index contributed by atoms with van der Waals surface area (Å²) in [7, 11) is 2.06. The minimum Gasteiger partial charge on any atom is -0.319 e. The van der Waals surface area contributed by atoms with Crippen molar-refractivity contribution in [2.75, 3.05) is 13.6 Å². The SMILES string of the molecule is CNCC(C)(Cc1ccc(Br)cc1)C1CC1. The number of rotatable bonds is 5. The average molecular weight is 282 g/mol. The first kappa shape index (κ1) is 12.1.